The van der Waals surface area contributed by atoms with Gasteiger partial charge in [0.1, 0.15) is 5.78 Å². The van der Waals surface area contributed by atoms with Crippen molar-refractivity contribution >= 4 is 17.2 Å². The molecule has 0 atom stereocenters. The molecule has 0 spiro atoms. The summed E-state index contributed by atoms with van der Waals surface area (Å²) in [5.74, 6) is 0.327. The van der Waals surface area contributed by atoms with Crippen molar-refractivity contribution in [2.45, 2.75) is 66.2 Å². The second-order valence-electron chi connectivity index (χ2n) is 8.16. The zero-order chi connectivity index (χ0) is 19.7. The molecule has 3 nitrogen and oxygen atoms in total. The van der Waals surface area contributed by atoms with Gasteiger partial charge in [0.15, 0.2) is 0 Å². The first-order valence-corrected chi connectivity index (χ1v) is 10.0. The highest BCUT2D eigenvalue weighted by Gasteiger charge is 2.19. The van der Waals surface area contributed by atoms with Crippen LogP contribution in [0.25, 0.3) is 0 Å². The lowest BCUT2D eigenvalue weighted by Crippen LogP contribution is -2.19. The lowest BCUT2D eigenvalue weighted by molar-refractivity contribution is -0.126. The molecule has 0 aliphatic rings. The minimum Gasteiger partial charge on any atom is -0.299 e. The van der Waals surface area contributed by atoms with E-state index in [1.807, 2.05) is 45.0 Å². The standard InChI is InChI=1S/C24H32N2O/c1-5-6-8-19-11-15-21(16-12-19)25-26-22-17-13-20(14-18-22)9-7-10-23(27)24(2,3)4/h11-18H,5-10H2,1-4H3. The summed E-state index contributed by atoms with van der Waals surface area (Å²) in [6.07, 6.45) is 6.00. The third-order valence-corrected chi connectivity index (χ3v) is 4.68. The molecule has 2 rings (SSSR count). The molecule has 2 aromatic carbocycles. The molecule has 0 aliphatic carbocycles. The number of aryl methyl sites for hydroxylation is 2. The molecule has 2 aromatic rings. The summed E-state index contributed by atoms with van der Waals surface area (Å²) < 4.78 is 0. The maximum Gasteiger partial charge on any atom is 0.138 e. The van der Waals surface area contributed by atoms with E-state index in [1.54, 1.807) is 0 Å². The van der Waals surface area contributed by atoms with Gasteiger partial charge in [-0.2, -0.15) is 10.2 Å². The summed E-state index contributed by atoms with van der Waals surface area (Å²) in [5, 5.41) is 8.64. The molecule has 0 radical (unpaired) electrons. The van der Waals surface area contributed by atoms with Crippen LogP contribution in [0.3, 0.4) is 0 Å². The Labute approximate surface area is 163 Å². The summed E-state index contributed by atoms with van der Waals surface area (Å²) in [6.45, 7) is 8.15. The molecule has 0 aliphatic heterocycles. The van der Waals surface area contributed by atoms with E-state index in [1.165, 1.54) is 24.0 Å². The smallest absolute Gasteiger partial charge is 0.138 e. The highest BCUT2D eigenvalue weighted by Crippen LogP contribution is 2.21. The molecule has 3 heteroatoms. The van der Waals surface area contributed by atoms with Gasteiger partial charge in [0.2, 0.25) is 0 Å². The van der Waals surface area contributed by atoms with Crippen molar-refractivity contribution in [1.29, 1.82) is 0 Å². The predicted molar refractivity (Wildman–Crippen MR) is 113 cm³/mol. The van der Waals surface area contributed by atoms with Gasteiger partial charge < -0.3 is 0 Å². The Morgan fingerprint density at radius 2 is 1.22 bits per heavy atom. The SMILES string of the molecule is CCCCc1ccc(N=Nc2ccc(CCCC(=O)C(C)(C)C)cc2)cc1. The van der Waals surface area contributed by atoms with Gasteiger partial charge in [0, 0.05) is 11.8 Å². The summed E-state index contributed by atoms with van der Waals surface area (Å²) in [4.78, 5) is 12.0. The van der Waals surface area contributed by atoms with Crippen molar-refractivity contribution in [1.82, 2.24) is 0 Å². The van der Waals surface area contributed by atoms with E-state index in [2.05, 4.69) is 41.4 Å². The normalized spacial score (nSPS) is 11.9. The summed E-state index contributed by atoms with van der Waals surface area (Å²) in [6, 6.07) is 16.4. The molecule has 27 heavy (non-hydrogen) atoms. The van der Waals surface area contributed by atoms with E-state index in [-0.39, 0.29) is 5.41 Å². The van der Waals surface area contributed by atoms with Gasteiger partial charge >= 0.3 is 0 Å². The molecule has 0 unspecified atom stereocenters. The van der Waals surface area contributed by atoms with Crippen LogP contribution in [0.1, 0.15) is 64.5 Å². The molecule has 0 heterocycles. The Morgan fingerprint density at radius 3 is 1.63 bits per heavy atom. The predicted octanol–water partition coefficient (Wildman–Crippen LogP) is 7.38. The van der Waals surface area contributed by atoms with E-state index < -0.39 is 0 Å². The van der Waals surface area contributed by atoms with Gasteiger partial charge in [-0.25, -0.2) is 0 Å². The highest BCUT2D eigenvalue weighted by atomic mass is 16.1. The molecule has 0 N–H and O–H groups in total. The number of carbonyl (C=O) groups is 1. The maximum absolute atomic E-state index is 12.0. The average Bonchev–Trinajstić information content (AvgIpc) is 2.65. The van der Waals surface area contributed by atoms with E-state index >= 15 is 0 Å². The molecule has 0 fully saturated rings. The Kier molecular flexibility index (Phi) is 7.90. The molecule has 0 saturated heterocycles. The second kappa shape index (κ2) is 10.1. The Hall–Kier alpha value is -2.29. The van der Waals surface area contributed by atoms with Crippen LogP contribution in [0.5, 0.6) is 0 Å². The number of nitrogens with zero attached hydrogens (tertiary/aromatic N) is 2. The first-order valence-electron chi connectivity index (χ1n) is 10.0. The average molecular weight is 365 g/mol. The number of benzene rings is 2. The number of hydrogen-bond donors (Lipinski definition) is 0. The number of carbonyl (C=O) groups excluding carboxylic acids is 1. The Morgan fingerprint density at radius 1 is 0.778 bits per heavy atom. The molecular weight excluding hydrogens is 332 g/mol. The van der Waals surface area contributed by atoms with E-state index in [0.717, 1.165) is 30.6 Å². The number of unbranched alkanes of at least 4 members (excludes halogenated alkanes) is 1. The monoisotopic (exact) mass is 364 g/mol. The molecule has 0 bridgehead atoms. The molecule has 0 aromatic heterocycles. The number of ketones is 1. The highest BCUT2D eigenvalue weighted by molar-refractivity contribution is 5.83. The summed E-state index contributed by atoms with van der Waals surface area (Å²) >= 11 is 0. The van der Waals surface area contributed by atoms with Crippen molar-refractivity contribution in [2.75, 3.05) is 0 Å². The van der Waals surface area contributed by atoms with Crippen molar-refractivity contribution in [3.05, 3.63) is 59.7 Å². The third kappa shape index (κ3) is 7.46. The fraction of sp³-hybridized carbons (Fsp3) is 0.458. The minimum absolute atomic E-state index is 0.238. The van der Waals surface area contributed by atoms with Crippen molar-refractivity contribution in [3.63, 3.8) is 0 Å². The Balaban J connectivity index is 1.84. The number of hydrogen-bond acceptors (Lipinski definition) is 3. The van der Waals surface area contributed by atoms with Crippen molar-refractivity contribution in [3.8, 4) is 0 Å². The van der Waals surface area contributed by atoms with Gasteiger partial charge in [-0.15, -0.1) is 0 Å². The van der Waals surface area contributed by atoms with E-state index in [4.69, 9.17) is 0 Å². The van der Waals surface area contributed by atoms with Crippen LogP contribution >= 0.6 is 0 Å². The van der Waals surface area contributed by atoms with Crippen LogP contribution in [0, 0.1) is 5.41 Å². The topological polar surface area (TPSA) is 41.8 Å². The lowest BCUT2D eigenvalue weighted by atomic mass is 9.87. The zero-order valence-corrected chi connectivity index (χ0v) is 17.2. The first kappa shape index (κ1) is 21.0. The second-order valence-corrected chi connectivity index (χ2v) is 8.16. The molecule has 0 saturated carbocycles. The van der Waals surface area contributed by atoms with E-state index in [0.29, 0.717) is 12.2 Å². The minimum atomic E-state index is -0.238. The van der Waals surface area contributed by atoms with Crippen LogP contribution in [0.2, 0.25) is 0 Å². The van der Waals surface area contributed by atoms with Crippen molar-refractivity contribution < 1.29 is 4.79 Å². The summed E-state index contributed by atoms with van der Waals surface area (Å²) in [7, 11) is 0. The van der Waals surface area contributed by atoms with Gasteiger partial charge in [0.25, 0.3) is 0 Å². The molecular formula is C24H32N2O. The van der Waals surface area contributed by atoms with Crippen LogP contribution < -0.4 is 0 Å². The first-order chi connectivity index (χ1) is 12.9. The molecule has 144 valence electrons. The largest absolute Gasteiger partial charge is 0.299 e. The fourth-order valence-electron chi connectivity index (χ4n) is 2.78. The Bertz CT molecular complexity index is 737. The number of rotatable bonds is 9. The number of Topliss-reactive ketones (excluding diaryl/α,β-unsaturated/α-hetero) is 1. The fourth-order valence-corrected chi connectivity index (χ4v) is 2.78. The van der Waals surface area contributed by atoms with Gasteiger partial charge in [-0.3, -0.25) is 4.79 Å². The maximum atomic E-state index is 12.0. The van der Waals surface area contributed by atoms with Crippen LogP contribution in [-0.2, 0) is 17.6 Å². The van der Waals surface area contributed by atoms with Gasteiger partial charge in [0.05, 0.1) is 11.4 Å². The van der Waals surface area contributed by atoms with Crippen LogP contribution in [-0.4, -0.2) is 5.78 Å². The number of azo groups is 1. The quantitative estimate of drug-likeness (QED) is 0.428. The summed E-state index contributed by atoms with van der Waals surface area (Å²) in [5.41, 5.74) is 4.07. The zero-order valence-electron chi connectivity index (χ0n) is 17.2. The van der Waals surface area contributed by atoms with E-state index in [9.17, 15) is 4.79 Å². The van der Waals surface area contributed by atoms with Gasteiger partial charge in [-0.05, 0) is 61.1 Å². The third-order valence-electron chi connectivity index (χ3n) is 4.68. The van der Waals surface area contributed by atoms with Gasteiger partial charge in [-0.1, -0.05) is 58.4 Å². The van der Waals surface area contributed by atoms with Crippen molar-refractivity contribution in [2.24, 2.45) is 15.6 Å². The lowest BCUT2D eigenvalue weighted by Gasteiger charge is -2.16. The van der Waals surface area contributed by atoms with Crippen LogP contribution in [0.4, 0.5) is 11.4 Å². The van der Waals surface area contributed by atoms with Crippen LogP contribution in [0.15, 0.2) is 58.8 Å². The molecule has 0 amide bonds.